The lowest BCUT2D eigenvalue weighted by atomic mass is 10.3. The van der Waals surface area contributed by atoms with Crippen LogP contribution in [0.1, 0.15) is 30.8 Å². The molecule has 16 heavy (non-hydrogen) atoms. The van der Waals surface area contributed by atoms with Crippen molar-refractivity contribution in [3.63, 3.8) is 0 Å². The van der Waals surface area contributed by atoms with Gasteiger partial charge in [0.25, 0.3) is 0 Å². The molecule has 1 rings (SSSR count). The lowest BCUT2D eigenvalue weighted by Crippen LogP contribution is -2.27. The Hall–Kier alpha value is -1.27. The number of rotatable bonds is 5. The third kappa shape index (κ3) is 2.65. The molecule has 0 saturated heterocycles. The first-order valence-electron chi connectivity index (χ1n) is 5.93. The van der Waals surface area contributed by atoms with Gasteiger partial charge in [-0.3, -0.25) is 0 Å². The molecular formula is C13H21N3. The highest BCUT2D eigenvalue weighted by Crippen LogP contribution is 2.13. The normalized spacial score (nSPS) is 10.8. The molecule has 0 aromatic carbocycles. The Morgan fingerprint density at radius 3 is 2.44 bits per heavy atom. The first-order chi connectivity index (χ1) is 7.63. The van der Waals surface area contributed by atoms with Gasteiger partial charge in [0.2, 0.25) is 0 Å². The van der Waals surface area contributed by atoms with E-state index in [2.05, 4.69) is 42.4 Å². The lowest BCUT2D eigenvalue weighted by molar-refractivity contribution is 0.289. The van der Waals surface area contributed by atoms with E-state index in [1.54, 1.807) is 0 Å². The molecule has 0 unspecified atom stereocenters. The van der Waals surface area contributed by atoms with Gasteiger partial charge in [-0.05, 0) is 38.6 Å². The Morgan fingerprint density at radius 2 is 1.94 bits per heavy atom. The molecule has 0 amide bonds. The fourth-order valence-corrected chi connectivity index (χ4v) is 2.07. The predicted octanol–water partition coefficient (Wildman–Crippen LogP) is 2.32. The highest BCUT2D eigenvalue weighted by Gasteiger charge is 2.09. The fraction of sp³-hybridized carbons (Fsp3) is 0.615. The monoisotopic (exact) mass is 219 g/mol. The summed E-state index contributed by atoms with van der Waals surface area (Å²) in [5, 5.41) is 9.11. The Kier molecular flexibility index (Phi) is 4.57. The maximum atomic E-state index is 9.11. The highest BCUT2D eigenvalue weighted by atomic mass is 15.1. The fourth-order valence-electron chi connectivity index (χ4n) is 2.07. The molecule has 0 atom stereocenters. The lowest BCUT2D eigenvalue weighted by Gasteiger charge is -2.19. The van der Waals surface area contributed by atoms with Crippen molar-refractivity contribution in [2.75, 3.05) is 19.6 Å². The van der Waals surface area contributed by atoms with Crippen LogP contribution < -0.4 is 0 Å². The maximum absolute atomic E-state index is 9.11. The first kappa shape index (κ1) is 12.8. The van der Waals surface area contributed by atoms with Crippen molar-refractivity contribution in [2.24, 2.45) is 0 Å². The van der Waals surface area contributed by atoms with Gasteiger partial charge in [-0.25, -0.2) is 0 Å². The van der Waals surface area contributed by atoms with E-state index in [0.717, 1.165) is 37.4 Å². The minimum absolute atomic E-state index is 0.810. The smallest absolute Gasteiger partial charge is 0.123 e. The summed E-state index contributed by atoms with van der Waals surface area (Å²) in [4.78, 5) is 2.37. The SMILES string of the molecule is CCN(CC)CCn1c(C)cc(C)c1C#N. The third-order valence-corrected chi connectivity index (χ3v) is 3.13. The molecule has 0 radical (unpaired) electrons. The Labute approximate surface area is 98.3 Å². The van der Waals surface area contributed by atoms with Crippen LogP contribution in [0.5, 0.6) is 0 Å². The van der Waals surface area contributed by atoms with E-state index in [-0.39, 0.29) is 0 Å². The van der Waals surface area contributed by atoms with E-state index < -0.39 is 0 Å². The van der Waals surface area contributed by atoms with E-state index in [1.165, 1.54) is 5.69 Å². The van der Waals surface area contributed by atoms with Crippen LogP contribution in [0.2, 0.25) is 0 Å². The van der Waals surface area contributed by atoms with E-state index in [1.807, 2.05) is 6.92 Å². The quantitative estimate of drug-likeness (QED) is 0.761. The van der Waals surface area contributed by atoms with Crippen LogP contribution >= 0.6 is 0 Å². The second kappa shape index (κ2) is 5.72. The van der Waals surface area contributed by atoms with Gasteiger partial charge in [0.05, 0.1) is 0 Å². The second-order valence-corrected chi connectivity index (χ2v) is 4.11. The number of hydrogen-bond donors (Lipinski definition) is 0. The number of nitrogens with zero attached hydrogens (tertiary/aromatic N) is 3. The minimum atomic E-state index is 0.810. The average molecular weight is 219 g/mol. The molecule has 0 saturated carbocycles. The van der Waals surface area contributed by atoms with Crippen molar-refractivity contribution < 1.29 is 0 Å². The molecule has 0 fully saturated rings. The van der Waals surface area contributed by atoms with Gasteiger partial charge in [0.15, 0.2) is 0 Å². The summed E-state index contributed by atoms with van der Waals surface area (Å²) in [5.41, 5.74) is 3.07. The van der Waals surface area contributed by atoms with Crippen molar-refractivity contribution in [1.82, 2.24) is 9.47 Å². The zero-order valence-electron chi connectivity index (χ0n) is 10.7. The van der Waals surface area contributed by atoms with Gasteiger partial charge in [-0.15, -0.1) is 0 Å². The number of nitriles is 1. The first-order valence-corrected chi connectivity index (χ1v) is 5.93. The third-order valence-electron chi connectivity index (χ3n) is 3.13. The van der Waals surface area contributed by atoms with Gasteiger partial charge in [0, 0.05) is 18.8 Å². The topological polar surface area (TPSA) is 32.0 Å². The summed E-state index contributed by atoms with van der Waals surface area (Å²) in [5.74, 6) is 0. The molecule has 88 valence electrons. The van der Waals surface area contributed by atoms with Crippen LogP contribution in [0.15, 0.2) is 6.07 Å². The highest BCUT2D eigenvalue weighted by molar-refractivity contribution is 5.35. The zero-order chi connectivity index (χ0) is 12.1. The summed E-state index contributed by atoms with van der Waals surface area (Å²) < 4.78 is 2.12. The molecule has 0 bridgehead atoms. The Balaban J connectivity index is 2.78. The summed E-state index contributed by atoms with van der Waals surface area (Å²) in [6, 6.07) is 4.37. The Bertz CT molecular complexity index is 381. The van der Waals surface area contributed by atoms with Crippen LogP contribution in [0.3, 0.4) is 0 Å². The molecular weight excluding hydrogens is 198 g/mol. The molecule has 1 aromatic rings. The summed E-state index contributed by atoms with van der Waals surface area (Å²) in [6.07, 6.45) is 0. The summed E-state index contributed by atoms with van der Waals surface area (Å²) >= 11 is 0. The van der Waals surface area contributed by atoms with Crippen molar-refractivity contribution in [3.8, 4) is 6.07 Å². The van der Waals surface area contributed by atoms with Crippen LogP contribution in [-0.2, 0) is 6.54 Å². The molecule has 3 nitrogen and oxygen atoms in total. The van der Waals surface area contributed by atoms with Crippen LogP contribution in [0, 0.1) is 25.2 Å². The van der Waals surface area contributed by atoms with Gasteiger partial charge >= 0.3 is 0 Å². The molecule has 1 aromatic heterocycles. The standard InChI is InChI=1S/C13H21N3/c1-5-15(6-2)7-8-16-12(4)9-11(3)13(16)10-14/h9H,5-8H2,1-4H3. The van der Waals surface area contributed by atoms with E-state index in [9.17, 15) is 0 Å². The van der Waals surface area contributed by atoms with E-state index in [0.29, 0.717) is 0 Å². The molecule has 1 heterocycles. The average Bonchev–Trinajstić information content (AvgIpc) is 2.54. The van der Waals surface area contributed by atoms with Gasteiger partial charge in [-0.1, -0.05) is 13.8 Å². The second-order valence-electron chi connectivity index (χ2n) is 4.11. The molecule has 0 aliphatic rings. The Morgan fingerprint density at radius 1 is 1.31 bits per heavy atom. The molecule has 0 aliphatic carbocycles. The number of likely N-dealkylation sites (N-methyl/N-ethyl adjacent to an activating group) is 1. The predicted molar refractivity (Wildman–Crippen MR) is 66.4 cm³/mol. The van der Waals surface area contributed by atoms with Crippen molar-refractivity contribution >= 4 is 0 Å². The van der Waals surface area contributed by atoms with Crippen LogP contribution in [0.25, 0.3) is 0 Å². The molecule has 0 aliphatic heterocycles. The van der Waals surface area contributed by atoms with Crippen molar-refractivity contribution in [2.45, 2.75) is 34.2 Å². The zero-order valence-corrected chi connectivity index (χ0v) is 10.7. The molecule has 0 spiro atoms. The summed E-state index contributed by atoms with van der Waals surface area (Å²) in [6.45, 7) is 12.5. The van der Waals surface area contributed by atoms with Crippen molar-refractivity contribution in [3.05, 3.63) is 23.0 Å². The number of aromatic nitrogens is 1. The van der Waals surface area contributed by atoms with E-state index >= 15 is 0 Å². The largest absolute Gasteiger partial charge is 0.335 e. The van der Waals surface area contributed by atoms with Gasteiger partial charge in [0.1, 0.15) is 11.8 Å². The molecule has 0 N–H and O–H groups in total. The van der Waals surface area contributed by atoms with Crippen molar-refractivity contribution in [1.29, 1.82) is 5.26 Å². The number of aryl methyl sites for hydroxylation is 2. The maximum Gasteiger partial charge on any atom is 0.123 e. The minimum Gasteiger partial charge on any atom is -0.335 e. The van der Waals surface area contributed by atoms with Crippen LogP contribution in [0.4, 0.5) is 0 Å². The van der Waals surface area contributed by atoms with Gasteiger partial charge in [-0.2, -0.15) is 5.26 Å². The number of hydrogen-bond acceptors (Lipinski definition) is 2. The molecule has 3 heteroatoms. The summed E-state index contributed by atoms with van der Waals surface area (Å²) in [7, 11) is 0. The van der Waals surface area contributed by atoms with Gasteiger partial charge < -0.3 is 9.47 Å². The van der Waals surface area contributed by atoms with Crippen LogP contribution in [-0.4, -0.2) is 29.1 Å². The van der Waals surface area contributed by atoms with E-state index in [4.69, 9.17) is 5.26 Å².